The number of allylic oxidation sites excluding steroid dienone is 1. The predicted octanol–water partition coefficient (Wildman–Crippen LogP) is 3.43. The van der Waals surface area contributed by atoms with Crippen molar-refractivity contribution >= 4 is 0 Å². The molecule has 2 N–H and O–H groups in total. The molecule has 0 saturated heterocycles. The summed E-state index contributed by atoms with van der Waals surface area (Å²) in [5, 5.41) is 12.9. The van der Waals surface area contributed by atoms with E-state index in [1.165, 1.54) is 0 Å². The smallest absolute Gasteiger partial charge is 0.164 e. The molecule has 0 aliphatic carbocycles. The third-order valence-electron chi connectivity index (χ3n) is 3.55. The third kappa shape index (κ3) is 4.50. The van der Waals surface area contributed by atoms with E-state index in [2.05, 4.69) is 18.0 Å². The topological polar surface area (TPSA) is 50.7 Å². The molecule has 4 heteroatoms. The summed E-state index contributed by atoms with van der Waals surface area (Å²) in [6.07, 6.45) is 2.57. The van der Waals surface area contributed by atoms with Gasteiger partial charge in [0.15, 0.2) is 11.5 Å². The van der Waals surface area contributed by atoms with Crippen LogP contribution in [0.15, 0.2) is 49.1 Å². The second-order valence-corrected chi connectivity index (χ2v) is 5.26. The van der Waals surface area contributed by atoms with Gasteiger partial charge in [-0.25, -0.2) is 0 Å². The molecule has 0 radical (unpaired) electrons. The minimum Gasteiger partial charge on any atom is -0.508 e. The number of hydrogen-bond donors (Lipinski definition) is 2. The average molecular weight is 313 g/mol. The van der Waals surface area contributed by atoms with Gasteiger partial charge in [-0.2, -0.15) is 0 Å². The van der Waals surface area contributed by atoms with E-state index in [1.807, 2.05) is 24.3 Å². The van der Waals surface area contributed by atoms with Crippen LogP contribution in [0.25, 0.3) is 0 Å². The molecule has 23 heavy (non-hydrogen) atoms. The van der Waals surface area contributed by atoms with Gasteiger partial charge in [0.2, 0.25) is 0 Å². The number of ether oxygens (including phenoxy) is 2. The summed E-state index contributed by atoms with van der Waals surface area (Å²) in [7, 11) is 3.28. The lowest BCUT2D eigenvalue weighted by Gasteiger charge is -2.15. The van der Waals surface area contributed by atoms with Gasteiger partial charge < -0.3 is 19.9 Å². The molecular formula is C19H23NO3. The number of nitrogens with one attached hydrogen (secondary N) is 1. The molecule has 0 atom stereocenters. The highest BCUT2D eigenvalue weighted by Gasteiger charge is 2.11. The summed E-state index contributed by atoms with van der Waals surface area (Å²) in [6.45, 7) is 5.17. The van der Waals surface area contributed by atoms with Gasteiger partial charge in [-0.15, -0.1) is 6.58 Å². The molecule has 0 spiro atoms. The molecule has 0 amide bonds. The molecule has 0 aliphatic heterocycles. The van der Waals surface area contributed by atoms with Crippen molar-refractivity contribution in [2.24, 2.45) is 0 Å². The van der Waals surface area contributed by atoms with Crippen LogP contribution in [0, 0.1) is 0 Å². The van der Waals surface area contributed by atoms with Crippen molar-refractivity contribution in [1.82, 2.24) is 5.32 Å². The number of methoxy groups -OCH3 is 2. The molecule has 122 valence electrons. The first-order valence-electron chi connectivity index (χ1n) is 7.51. The summed E-state index contributed by atoms with van der Waals surface area (Å²) in [5.41, 5.74) is 3.20. The molecule has 0 aromatic heterocycles. The Morgan fingerprint density at radius 3 is 2.52 bits per heavy atom. The fraction of sp³-hybridized carbons (Fsp3) is 0.263. The maximum Gasteiger partial charge on any atom is 0.164 e. The van der Waals surface area contributed by atoms with Gasteiger partial charge in [0.05, 0.1) is 14.2 Å². The van der Waals surface area contributed by atoms with Crippen molar-refractivity contribution < 1.29 is 14.6 Å². The first kappa shape index (κ1) is 16.9. The Balaban J connectivity index is 2.10. The van der Waals surface area contributed by atoms with Crippen molar-refractivity contribution in [3.63, 3.8) is 0 Å². The summed E-state index contributed by atoms with van der Waals surface area (Å²) in [4.78, 5) is 0. The lowest BCUT2D eigenvalue weighted by molar-refractivity contribution is 0.351. The quantitative estimate of drug-likeness (QED) is 0.733. The molecule has 0 bridgehead atoms. The van der Waals surface area contributed by atoms with Crippen LogP contribution in [0.2, 0.25) is 0 Å². The zero-order valence-electron chi connectivity index (χ0n) is 13.6. The molecule has 0 heterocycles. The Kier molecular flexibility index (Phi) is 6.06. The van der Waals surface area contributed by atoms with E-state index in [4.69, 9.17) is 9.47 Å². The first-order chi connectivity index (χ1) is 11.2. The normalized spacial score (nSPS) is 10.3. The number of hydrogen-bond acceptors (Lipinski definition) is 4. The molecule has 2 aromatic rings. The lowest BCUT2D eigenvalue weighted by Crippen LogP contribution is -2.13. The fourth-order valence-electron chi connectivity index (χ4n) is 2.53. The monoisotopic (exact) mass is 313 g/mol. The lowest BCUT2D eigenvalue weighted by atomic mass is 10.1. The minimum atomic E-state index is 0.281. The summed E-state index contributed by atoms with van der Waals surface area (Å²) < 4.78 is 10.9. The number of phenolic OH excluding ortho intramolecular Hbond substituents is 1. The van der Waals surface area contributed by atoms with E-state index in [1.54, 1.807) is 26.4 Å². The van der Waals surface area contributed by atoms with Crippen molar-refractivity contribution in [2.75, 3.05) is 14.2 Å². The van der Waals surface area contributed by atoms with Gasteiger partial charge in [-0.1, -0.05) is 24.3 Å². The highest BCUT2D eigenvalue weighted by molar-refractivity contribution is 5.50. The fourth-order valence-corrected chi connectivity index (χ4v) is 2.53. The van der Waals surface area contributed by atoms with Crippen LogP contribution in [0.1, 0.15) is 16.7 Å². The van der Waals surface area contributed by atoms with Gasteiger partial charge in [-0.3, -0.25) is 0 Å². The van der Waals surface area contributed by atoms with Crippen LogP contribution >= 0.6 is 0 Å². The van der Waals surface area contributed by atoms with Crippen molar-refractivity contribution in [2.45, 2.75) is 19.5 Å². The molecule has 2 aromatic carbocycles. The molecule has 0 fully saturated rings. The van der Waals surface area contributed by atoms with Crippen LogP contribution in [-0.4, -0.2) is 19.3 Å². The van der Waals surface area contributed by atoms with E-state index in [-0.39, 0.29) is 5.75 Å². The summed E-state index contributed by atoms with van der Waals surface area (Å²) in [6, 6.07) is 11.3. The van der Waals surface area contributed by atoms with Crippen molar-refractivity contribution in [1.29, 1.82) is 0 Å². The molecule has 0 aliphatic rings. The molecular weight excluding hydrogens is 290 g/mol. The Morgan fingerprint density at radius 2 is 1.87 bits per heavy atom. The maximum absolute atomic E-state index is 9.48. The van der Waals surface area contributed by atoms with E-state index < -0.39 is 0 Å². The number of benzene rings is 2. The number of aromatic hydroxyl groups is 1. The second kappa shape index (κ2) is 8.25. The molecule has 0 unspecified atom stereocenters. The van der Waals surface area contributed by atoms with Crippen LogP contribution in [0.4, 0.5) is 0 Å². The van der Waals surface area contributed by atoms with Crippen LogP contribution in [0.3, 0.4) is 0 Å². The largest absolute Gasteiger partial charge is 0.508 e. The van der Waals surface area contributed by atoms with Gasteiger partial charge in [0.1, 0.15) is 5.75 Å². The van der Waals surface area contributed by atoms with Gasteiger partial charge in [-0.05, 0) is 35.7 Å². The minimum absolute atomic E-state index is 0.281. The van der Waals surface area contributed by atoms with Gasteiger partial charge in [0.25, 0.3) is 0 Å². The van der Waals surface area contributed by atoms with E-state index >= 15 is 0 Å². The Labute approximate surface area is 137 Å². The molecule has 0 saturated carbocycles. The van der Waals surface area contributed by atoms with Crippen molar-refractivity contribution in [3.05, 3.63) is 65.7 Å². The van der Waals surface area contributed by atoms with Crippen LogP contribution in [-0.2, 0) is 19.5 Å². The summed E-state index contributed by atoms with van der Waals surface area (Å²) >= 11 is 0. The highest BCUT2D eigenvalue weighted by Crippen LogP contribution is 2.33. The Hall–Kier alpha value is -2.46. The van der Waals surface area contributed by atoms with Crippen LogP contribution in [0.5, 0.6) is 17.2 Å². The van der Waals surface area contributed by atoms with Gasteiger partial charge in [0, 0.05) is 18.7 Å². The predicted molar refractivity (Wildman–Crippen MR) is 92.1 cm³/mol. The van der Waals surface area contributed by atoms with E-state index in [9.17, 15) is 5.11 Å². The Morgan fingerprint density at radius 1 is 1.09 bits per heavy atom. The Bertz CT molecular complexity index is 668. The third-order valence-corrected chi connectivity index (χ3v) is 3.55. The number of rotatable bonds is 8. The zero-order valence-corrected chi connectivity index (χ0v) is 13.6. The second-order valence-electron chi connectivity index (χ2n) is 5.26. The number of phenols is 1. The average Bonchev–Trinajstić information content (AvgIpc) is 2.55. The molecule has 4 nitrogen and oxygen atoms in total. The van der Waals surface area contributed by atoms with Crippen LogP contribution < -0.4 is 14.8 Å². The maximum atomic E-state index is 9.48. The zero-order chi connectivity index (χ0) is 16.7. The SMILES string of the molecule is C=CCc1cc(CNCc2cccc(O)c2)cc(OC)c1OC. The highest BCUT2D eigenvalue weighted by atomic mass is 16.5. The molecule has 2 rings (SSSR count). The first-order valence-corrected chi connectivity index (χ1v) is 7.51. The van der Waals surface area contributed by atoms with E-state index in [0.29, 0.717) is 13.1 Å². The standard InChI is InChI=1S/C19H23NO3/c1-4-6-16-9-15(11-18(22-2)19(16)23-3)13-20-12-14-7-5-8-17(21)10-14/h4-5,7-11,20-21H,1,6,12-13H2,2-3H3. The summed E-state index contributed by atoms with van der Waals surface area (Å²) in [5.74, 6) is 1.76. The van der Waals surface area contributed by atoms with Crippen molar-refractivity contribution in [3.8, 4) is 17.2 Å². The van der Waals surface area contributed by atoms with Gasteiger partial charge >= 0.3 is 0 Å². The van der Waals surface area contributed by atoms with E-state index in [0.717, 1.165) is 34.6 Å².